The highest BCUT2D eigenvalue weighted by Gasteiger charge is 2.31. The number of hydrogen-bond donors (Lipinski definition) is 4. The van der Waals surface area contributed by atoms with Gasteiger partial charge in [0.2, 0.25) is 17.8 Å². The van der Waals surface area contributed by atoms with Crippen LogP contribution >= 0.6 is 23.2 Å². The Hall–Kier alpha value is -2.62. The van der Waals surface area contributed by atoms with Crippen LogP contribution in [-0.4, -0.2) is 42.0 Å². The summed E-state index contributed by atoms with van der Waals surface area (Å²) in [6.45, 7) is 0.882. The number of methoxy groups -OCH3 is 1. The molecule has 2 heterocycles. The molecule has 154 valence electrons. The molecule has 0 bridgehead atoms. The van der Waals surface area contributed by atoms with Gasteiger partial charge in [-0.2, -0.15) is 4.98 Å². The summed E-state index contributed by atoms with van der Waals surface area (Å²) in [6, 6.07) is 4.69. The van der Waals surface area contributed by atoms with E-state index in [1.807, 2.05) is 0 Å². The van der Waals surface area contributed by atoms with E-state index in [2.05, 4.69) is 25.9 Å². The Bertz CT molecular complexity index is 995. The van der Waals surface area contributed by atoms with E-state index < -0.39 is 5.92 Å². The van der Waals surface area contributed by atoms with Crippen LogP contribution in [0.2, 0.25) is 10.0 Å². The van der Waals surface area contributed by atoms with Gasteiger partial charge in [-0.05, 0) is 24.6 Å². The van der Waals surface area contributed by atoms with Crippen LogP contribution in [0, 0.1) is 5.92 Å². The average Bonchev–Trinajstić information content (AvgIpc) is 2.66. The largest absolute Gasteiger partial charge is 0.383 e. The molecule has 2 amide bonds. The SMILES string of the molecule is COCCNc1nc2c(c(=O)[nH]1)CC(CC(=O)Nc1ccc(Cl)c(Cl)c1)C(=O)N2. The lowest BCUT2D eigenvalue weighted by atomic mass is 9.92. The van der Waals surface area contributed by atoms with Gasteiger partial charge in [0, 0.05) is 25.8 Å². The van der Waals surface area contributed by atoms with Crippen molar-refractivity contribution in [3.63, 3.8) is 0 Å². The van der Waals surface area contributed by atoms with Crippen LogP contribution in [0.1, 0.15) is 12.0 Å². The molecule has 1 aromatic heterocycles. The van der Waals surface area contributed by atoms with Crippen molar-refractivity contribution < 1.29 is 14.3 Å². The van der Waals surface area contributed by atoms with Gasteiger partial charge in [0.25, 0.3) is 5.56 Å². The number of hydrogen-bond acceptors (Lipinski definition) is 6. The standard InChI is InChI=1S/C18H19Cl2N5O4/c1-29-5-4-21-18-24-15-11(17(28)25-18)6-9(16(27)23-15)7-14(26)22-10-2-3-12(19)13(20)8-10/h2-3,8-9H,4-7H2,1H3,(H,22,26)(H3,21,23,24,25,27,28). The first-order valence-electron chi connectivity index (χ1n) is 8.79. The molecule has 0 saturated carbocycles. The minimum atomic E-state index is -0.694. The molecule has 9 nitrogen and oxygen atoms in total. The molecule has 1 aliphatic heterocycles. The van der Waals surface area contributed by atoms with Gasteiger partial charge in [-0.1, -0.05) is 23.2 Å². The molecule has 4 N–H and O–H groups in total. The summed E-state index contributed by atoms with van der Waals surface area (Å²) in [4.78, 5) is 43.9. The summed E-state index contributed by atoms with van der Waals surface area (Å²) in [5.41, 5.74) is 0.423. The topological polar surface area (TPSA) is 125 Å². The van der Waals surface area contributed by atoms with Crippen molar-refractivity contribution in [1.82, 2.24) is 9.97 Å². The molecular weight excluding hydrogens is 421 g/mol. The van der Waals surface area contributed by atoms with Gasteiger partial charge in [0.15, 0.2) is 0 Å². The van der Waals surface area contributed by atoms with E-state index in [0.717, 1.165) is 0 Å². The second kappa shape index (κ2) is 9.25. The first kappa shape index (κ1) is 21.1. The van der Waals surface area contributed by atoms with E-state index in [0.29, 0.717) is 34.4 Å². The number of aromatic nitrogens is 2. The Morgan fingerprint density at radius 2 is 2.10 bits per heavy atom. The van der Waals surface area contributed by atoms with Crippen LogP contribution in [0.4, 0.5) is 17.5 Å². The Balaban J connectivity index is 1.67. The highest BCUT2D eigenvalue weighted by Crippen LogP contribution is 2.27. The summed E-state index contributed by atoms with van der Waals surface area (Å²) in [5, 5.41) is 8.86. The van der Waals surface area contributed by atoms with Gasteiger partial charge >= 0.3 is 0 Å². The number of rotatable bonds is 7. The first-order valence-corrected chi connectivity index (χ1v) is 9.54. The zero-order chi connectivity index (χ0) is 21.0. The highest BCUT2D eigenvalue weighted by molar-refractivity contribution is 6.42. The van der Waals surface area contributed by atoms with E-state index in [1.165, 1.54) is 6.07 Å². The van der Waals surface area contributed by atoms with Crippen LogP contribution in [0.15, 0.2) is 23.0 Å². The van der Waals surface area contributed by atoms with Gasteiger partial charge in [-0.25, -0.2) is 0 Å². The molecule has 0 fully saturated rings. The van der Waals surface area contributed by atoms with Crippen LogP contribution in [0.25, 0.3) is 0 Å². The number of anilines is 3. The summed E-state index contributed by atoms with van der Waals surface area (Å²) in [5.74, 6) is -1.01. The predicted molar refractivity (Wildman–Crippen MR) is 111 cm³/mol. The molecule has 3 rings (SSSR count). The lowest BCUT2D eigenvalue weighted by Gasteiger charge is -2.23. The van der Waals surface area contributed by atoms with Crippen LogP contribution in [0.5, 0.6) is 0 Å². The van der Waals surface area contributed by atoms with E-state index in [-0.39, 0.29) is 42.0 Å². The maximum absolute atomic E-state index is 12.4. The molecule has 11 heteroatoms. The predicted octanol–water partition coefficient (Wildman–Crippen LogP) is 2.27. The number of nitrogens with one attached hydrogen (secondary N) is 4. The Kier molecular flexibility index (Phi) is 6.73. The number of amides is 2. The van der Waals surface area contributed by atoms with Crippen molar-refractivity contribution in [1.29, 1.82) is 0 Å². The summed E-state index contributed by atoms with van der Waals surface area (Å²) < 4.78 is 4.93. The molecule has 1 aromatic carbocycles. The number of nitrogens with zero attached hydrogens (tertiary/aromatic N) is 1. The van der Waals surface area contributed by atoms with Gasteiger partial charge in [-0.3, -0.25) is 19.4 Å². The molecular formula is C18H19Cl2N5O4. The number of ether oxygens (including phenoxy) is 1. The molecule has 1 unspecified atom stereocenters. The fourth-order valence-corrected chi connectivity index (χ4v) is 3.18. The molecule has 1 aliphatic rings. The Morgan fingerprint density at radius 3 is 2.83 bits per heavy atom. The monoisotopic (exact) mass is 439 g/mol. The number of H-pyrrole nitrogens is 1. The fourth-order valence-electron chi connectivity index (χ4n) is 2.88. The second-order valence-electron chi connectivity index (χ2n) is 6.43. The molecule has 1 atom stereocenters. The summed E-state index contributed by atoms with van der Waals surface area (Å²) >= 11 is 11.8. The van der Waals surface area contributed by atoms with E-state index in [4.69, 9.17) is 27.9 Å². The third-order valence-corrected chi connectivity index (χ3v) is 5.05. The van der Waals surface area contributed by atoms with Crippen molar-refractivity contribution in [3.8, 4) is 0 Å². The third kappa shape index (κ3) is 5.26. The van der Waals surface area contributed by atoms with Crippen LogP contribution < -0.4 is 21.5 Å². The zero-order valence-electron chi connectivity index (χ0n) is 15.5. The average molecular weight is 440 g/mol. The highest BCUT2D eigenvalue weighted by atomic mass is 35.5. The van der Waals surface area contributed by atoms with Gasteiger partial charge in [-0.15, -0.1) is 0 Å². The number of halogens is 2. The van der Waals surface area contributed by atoms with Crippen molar-refractivity contribution in [3.05, 3.63) is 44.2 Å². The Morgan fingerprint density at radius 1 is 1.31 bits per heavy atom. The molecule has 2 aromatic rings. The minimum Gasteiger partial charge on any atom is -0.383 e. The molecule has 0 saturated heterocycles. The van der Waals surface area contributed by atoms with E-state index in [9.17, 15) is 14.4 Å². The number of benzene rings is 1. The van der Waals surface area contributed by atoms with Gasteiger partial charge in [0.05, 0.1) is 28.1 Å². The zero-order valence-corrected chi connectivity index (χ0v) is 17.0. The number of carbonyl (C=O) groups is 2. The van der Waals surface area contributed by atoms with Crippen molar-refractivity contribution in [2.45, 2.75) is 12.8 Å². The maximum atomic E-state index is 12.4. The second-order valence-corrected chi connectivity index (χ2v) is 7.25. The summed E-state index contributed by atoms with van der Waals surface area (Å²) in [7, 11) is 1.56. The quantitative estimate of drug-likeness (QED) is 0.490. The van der Waals surface area contributed by atoms with Crippen LogP contribution in [0.3, 0.4) is 0 Å². The smallest absolute Gasteiger partial charge is 0.257 e. The fraction of sp³-hybridized carbons (Fsp3) is 0.333. The van der Waals surface area contributed by atoms with Gasteiger partial charge in [0.1, 0.15) is 5.82 Å². The van der Waals surface area contributed by atoms with Crippen molar-refractivity contribution in [2.75, 3.05) is 36.2 Å². The lowest BCUT2D eigenvalue weighted by molar-refractivity contribution is -0.125. The molecule has 0 radical (unpaired) electrons. The molecule has 0 spiro atoms. The van der Waals surface area contributed by atoms with Gasteiger partial charge < -0.3 is 20.7 Å². The number of aromatic amines is 1. The maximum Gasteiger partial charge on any atom is 0.257 e. The van der Waals surface area contributed by atoms with Crippen LogP contribution in [-0.2, 0) is 20.7 Å². The van der Waals surface area contributed by atoms with E-state index in [1.54, 1.807) is 19.2 Å². The number of carbonyl (C=O) groups excluding carboxylic acids is 2. The van der Waals surface area contributed by atoms with Crippen molar-refractivity contribution in [2.24, 2.45) is 5.92 Å². The minimum absolute atomic E-state index is 0.0984. The molecule has 0 aliphatic carbocycles. The van der Waals surface area contributed by atoms with E-state index >= 15 is 0 Å². The summed E-state index contributed by atoms with van der Waals surface area (Å²) in [6.07, 6.45) is 0.00937. The normalized spacial score (nSPS) is 15.4. The Labute approximate surface area is 176 Å². The lowest BCUT2D eigenvalue weighted by Crippen LogP contribution is -2.37. The molecule has 29 heavy (non-hydrogen) atoms. The third-order valence-electron chi connectivity index (χ3n) is 4.31. The van der Waals surface area contributed by atoms with Crippen molar-refractivity contribution >= 4 is 52.5 Å². The first-order chi connectivity index (χ1) is 13.9. The number of fused-ring (bicyclic) bond motifs is 1.